The first-order valence-electron chi connectivity index (χ1n) is 17.3. The summed E-state index contributed by atoms with van der Waals surface area (Å²) in [7, 11) is -4.30. The molecule has 0 aliphatic carbocycles. The molecule has 0 saturated carbocycles. The molecule has 30 aliphatic heterocycles. The Bertz CT molecular complexity index is 2870. The zero-order valence-corrected chi connectivity index (χ0v) is 24.7. The van der Waals surface area contributed by atoms with Crippen LogP contribution >= 0.6 is 0 Å². The molecule has 0 N–H and O–H groups in total. The summed E-state index contributed by atoms with van der Waals surface area (Å²) >= 11 is 0. The van der Waals surface area contributed by atoms with Gasteiger partial charge in [-0.15, -0.1) is 0 Å². The summed E-state index contributed by atoms with van der Waals surface area (Å²) in [6.45, 7) is -11.5. The molecule has 206 valence electrons. The average Bonchev–Trinajstić information content (AvgIpc) is 3.66. The predicted octanol–water partition coefficient (Wildman–Crippen LogP) is 5.92. The van der Waals surface area contributed by atoms with Gasteiger partial charge in [-0.2, -0.15) is 0 Å². The number of hydrogen-bond acceptors (Lipinski definition) is 4. The first kappa shape index (κ1) is 13.2. The molecule has 30 rings (SSSR count). The molecule has 4 nitrogen and oxygen atoms in total. The summed E-state index contributed by atoms with van der Waals surface area (Å²) in [5.74, 6) is 0. The summed E-state index contributed by atoms with van der Waals surface area (Å²) in [5.41, 5.74) is -0.214. The molecule has 8 heteroatoms. The second-order valence-electron chi connectivity index (χ2n) is 30.2. The molecule has 12 atom stereocenters. The number of halogens is 1. The summed E-state index contributed by atoms with van der Waals surface area (Å²) in [6.07, 6.45) is 0. The first-order chi connectivity index (χ1) is 18.1. The minimum atomic E-state index is -4.30. The molecule has 0 radical (unpaired) electrons. The molecule has 0 aromatic heterocycles. The van der Waals surface area contributed by atoms with Gasteiger partial charge in [-0.1, -0.05) is 0 Å². The van der Waals surface area contributed by atoms with Crippen molar-refractivity contribution in [1.82, 2.24) is 0 Å². The van der Waals surface area contributed by atoms with Gasteiger partial charge in [-0.05, 0) is 0 Å². The van der Waals surface area contributed by atoms with E-state index >= 15 is 0 Å². The Kier molecular flexibility index (Phi) is 0.325. The van der Waals surface area contributed by atoms with E-state index in [0.717, 1.165) is 28.9 Å². The SMILES string of the molecule is [O-][Cl+3]([O-])([O-])OC([C]12[CH]3[CH]4[CH]5[CH]1[Fe]45321678[CH]2[CH]1[CH]6[CH]7[CH]28)([C]12[CH]3[CH]4[CH]5[CH]1[Fe]45321678[CH]2[CH]1[CH]6[CH]7[CH]28)[C]12[CH]3[CH]4[CH]5[CH]1[Fe]45321678[CH]2[CH]1[CH]6[CH]7[CH]28. The molecule has 0 aromatic carbocycles. The fourth-order valence-corrected chi connectivity index (χ4v) is 279. The molecular formula is C31H27ClFe3O4. The number of rotatable bonds is 5. The molecule has 0 amide bonds. The zero-order valence-electron chi connectivity index (χ0n) is 20.7. The van der Waals surface area contributed by atoms with E-state index < -0.39 is 29.8 Å². The average molecular weight is 667 g/mol. The van der Waals surface area contributed by atoms with E-state index in [0.29, 0.717) is 12.9 Å². The van der Waals surface area contributed by atoms with Crippen LogP contribution in [-0.2, 0) is 23.8 Å². The van der Waals surface area contributed by atoms with Crippen LogP contribution in [0.1, 0.15) is 0 Å². The van der Waals surface area contributed by atoms with Crippen LogP contribution < -0.4 is 14.0 Å². The molecular weight excluding hydrogens is 639 g/mol. The van der Waals surface area contributed by atoms with Crippen LogP contribution in [0.15, 0.2) is 0 Å². The fraction of sp³-hybridized carbons (Fsp3) is 1.00. The fourth-order valence-electron chi connectivity index (χ4n) is 52.7. The second kappa shape index (κ2) is 0.961. The van der Waals surface area contributed by atoms with Gasteiger partial charge in [0.25, 0.3) is 0 Å². The maximum atomic E-state index is 13.9. The third kappa shape index (κ3) is 0.124. The molecule has 30 fully saturated rings. The van der Waals surface area contributed by atoms with Gasteiger partial charge in [0, 0.05) is 0 Å². The van der Waals surface area contributed by atoms with Crippen molar-refractivity contribution < 1.29 is 48.0 Å². The Morgan fingerprint density at radius 1 is 0.385 bits per heavy atom. The van der Waals surface area contributed by atoms with Crippen molar-refractivity contribution in [3.63, 3.8) is 0 Å². The van der Waals surface area contributed by atoms with Crippen molar-refractivity contribution in [1.29, 1.82) is 0 Å². The zero-order chi connectivity index (χ0) is 22.7. The van der Waals surface area contributed by atoms with Crippen LogP contribution in [0.4, 0.5) is 0 Å². The van der Waals surface area contributed by atoms with Crippen molar-refractivity contribution in [2.75, 3.05) is 0 Å². The topological polar surface area (TPSA) is 78.4 Å². The van der Waals surface area contributed by atoms with Gasteiger partial charge in [0.2, 0.25) is 0 Å². The van der Waals surface area contributed by atoms with Crippen molar-refractivity contribution in [2.45, 2.75) is 149 Å². The van der Waals surface area contributed by atoms with E-state index in [-0.39, 0.29) is 5.60 Å². The van der Waals surface area contributed by atoms with E-state index in [9.17, 15) is 14.0 Å². The Labute approximate surface area is 195 Å². The Morgan fingerprint density at radius 2 is 0.590 bits per heavy atom. The van der Waals surface area contributed by atoms with Gasteiger partial charge in [-0.25, -0.2) is 0 Å². The number of hydrogen-bond donors (Lipinski definition) is 0. The van der Waals surface area contributed by atoms with Crippen LogP contribution in [-0.4, -0.2) is 5.60 Å². The van der Waals surface area contributed by atoms with E-state index in [4.69, 9.17) is 4.29 Å². The molecule has 3 spiro atoms. The molecule has 30 saturated heterocycles. The second-order valence-corrected chi connectivity index (χ2v) is 102. The standard InChI is InChI=1S/C16H12ClO4.3C5H5.3Fe/c18-17(19,20)21-16(13-7-1-2-8-13,14-9-3-4-10-14)15-11-5-6-12-15;3*1-2-4-5-3-1;;;/h1-12H;3*1-5H;;;. The number of fused-ring (bicyclic) bond motifs is 30. The van der Waals surface area contributed by atoms with E-state index in [1.807, 2.05) is 0 Å². The van der Waals surface area contributed by atoms with Crippen molar-refractivity contribution in [2.24, 2.45) is 0 Å². The van der Waals surface area contributed by atoms with Gasteiger partial charge in [0.15, 0.2) is 0 Å². The van der Waals surface area contributed by atoms with Crippen molar-refractivity contribution in [3.8, 4) is 0 Å². The molecule has 30 heterocycles. The van der Waals surface area contributed by atoms with Crippen molar-refractivity contribution >= 4 is 0 Å². The Morgan fingerprint density at radius 3 is 0.692 bits per heavy atom. The van der Waals surface area contributed by atoms with Crippen LogP contribution in [0, 0.1) is 10.2 Å². The van der Waals surface area contributed by atoms with Crippen LogP contribution in [0.2, 0.25) is 143 Å². The summed E-state index contributed by atoms with van der Waals surface area (Å²) < 4.78 is 50.6. The minimum absolute atomic E-state index is 0.214. The van der Waals surface area contributed by atoms with Gasteiger partial charge in [-0.3, -0.25) is 0 Å². The Hall–Kier alpha value is 1.69. The normalized spacial score (nSPS) is 155. The van der Waals surface area contributed by atoms with Gasteiger partial charge in [0.05, 0.1) is 0 Å². The summed E-state index contributed by atoms with van der Waals surface area (Å²) in [4.78, 5) is 32.9. The third-order valence-electron chi connectivity index (χ3n) is 45.8. The molecule has 30 aliphatic rings. The first-order valence-corrected chi connectivity index (χ1v) is 37.4. The van der Waals surface area contributed by atoms with Crippen LogP contribution in [0.3, 0.4) is 0 Å². The molecule has 12 unspecified atom stereocenters. The third-order valence-corrected chi connectivity index (χ3v) is 174. The van der Waals surface area contributed by atoms with E-state index in [2.05, 4.69) is 0 Å². The van der Waals surface area contributed by atoms with Gasteiger partial charge in [0.1, 0.15) is 0 Å². The Balaban J connectivity index is 1.02. The van der Waals surface area contributed by atoms with Gasteiger partial charge < -0.3 is 0 Å². The van der Waals surface area contributed by atoms with Gasteiger partial charge >= 0.3 is 197 Å². The van der Waals surface area contributed by atoms with E-state index in [1.54, 1.807) is 0 Å². The molecule has 39 heavy (non-hydrogen) atoms. The van der Waals surface area contributed by atoms with Crippen LogP contribution in [0.5, 0.6) is 0 Å². The predicted molar refractivity (Wildman–Crippen MR) is 113 cm³/mol. The summed E-state index contributed by atoms with van der Waals surface area (Å²) in [6, 6.07) is 0. The van der Waals surface area contributed by atoms with E-state index in [1.165, 1.54) is 101 Å². The quantitative estimate of drug-likeness (QED) is 0.342. The maximum absolute atomic E-state index is 13.9. The molecule has 0 bridgehead atoms. The van der Waals surface area contributed by atoms with Crippen LogP contribution in [0.25, 0.3) is 0 Å². The molecule has 0 aromatic rings. The monoisotopic (exact) mass is 666 g/mol. The van der Waals surface area contributed by atoms with Crippen molar-refractivity contribution in [3.05, 3.63) is 0 Å². The summed E-state index contributed by atoms with van der Waals surface area (Å²) in [5, 5.41) is 0.